The van der Waals surface area contributed by atoms with Crippen molar-refractivity contribution in [3.05, 3.63) is 102 Å². The Labute approximate surface area is 346 Å². The molecule has 3 fully saturated rings. The maximum absolute atomic E-state index is 13.5. The highest BCUT2D eigenvalue weighted by Crippen LogP contribution is 2.52. The number of aromatic amines is 1. The minimum absolute atomic E-state index is 0.116. The summed E-state index contributed by atoms with van der Waals surface area (Å²) in [7, 11) is 1.28. The van der Waals surface area contributed by atoms with Gasteiger partial charge in [-0.25, -0.2) is 14.6 Å². The number of nitrogens with zero attached hydrogens (tertiary/aromatic N) is 3. The Morgan fingerprint density at radius 1 is 0.914 bits per heavy atom. The Balaban J connectivity index is 0.942. The molecule has 4 heterocycles. The van der Waals surface area contributed by atoms with E-state index in [1.807, 2.05) is 80.6 Å². The van der Waals surface area contributed by atoms with Gasteiger partial charge in [0.05, 0.1) is 35.7 Å². The van der Waals surface area contributed by atoms with E-state index in [2.05, 4.69) is 20.6 Å². The van der Waals surface area contributed by atoms with Crippen LogP contribution in [0.5, 0.6) is 0 Å². The van der Waals surface area contributed by atoms with Crippen LogP contribution in [0.2, 0.25) is 0 Å². The van der Waals surface area contributed by atoms with E-state index in [0.29, 0.717) is 30.9 Å². The molecule has 3 atom stereocenters. The highest BCUT2D eigenvalue weighted by Gasteiger charge is 2.52. The fraction of sp³-hybridized carbons (Fsp3) is 0.395. The number of thioether (sulfide) groups is 2. The molecule has 3 N–H and O–H groups in total. The van der Waals surface area contributed by atoms with Gasteiger partial charge in [0.1, 0.15) is 24.5 Å². The van der Waals surface area contributed by atoms with Crippen LogP contribution in [0.15, 0.2) is 85.1 Å². The lowest BCUT2D eigenvalue weighted by atomic mass is 10.0. The number of ketones is 1. The first-order chi connectivity index (χ1) is 28.0. The van der Waals surface area contributed by atoms with Gasteiger partial charge in [0.2, 0.25) is 11.8 Å². The largest absolute Gasteiger partial charge is 0.453 e. The summed E-state index contributed by atoms with van der Waals surface area (Å²) in [6, 6.07) is 23.0. The molecule has 3 aromatic carbocycles. The van der Waals surface area contributed by atoms with Gasteiger partial charge in [-0.1, -0.05) is 92.7 Å². The second kappa shape index (κ2) is 18.1. The summed E-state index contributed by atoms with van der Waals surface area (Å²) >= 11 is 3.55. The van der Waals surface area contributed by atoms with Crippen molar-refractivity contribution in [3.8, 4) is 22.4 Å². The number of carbonyl (C=O) groups excluding carboxylic acids is 5. The Bertz CT molecular complexity index is 2110. The zero-order valence-corrected chi connectivity index (χ0v) is 34.4. The third kappa shape index (κ3) is 9.20. The molecule has 13 nitrogen and oxygen atoms in total. The van der Waals surface area contributed by atoms with E-state index in [4.69, 9.17) is 9.47 Å². The van der Waals surface area contributed by atoms with Gasteiger partial charge in [-0.2, -0.15) is 0 Å². The number of hydrogen-bond acceptors (Lipinski definition) is 10. The predicted octanol–water partition coefficient (Wildman–Crippen LogP) is 6.67. The molecule has 3 saturated heterocycles. The Morgan fingerprint density at radius 3 is 2.26 bits per heavy atom. The molecule has 7 rings (SSSR count). The summed E-state index contributed by atoms with van der Waals surface area (Å²) < 4.78 is 10.1. The van der Waals surface area contributed by atoms with Gasteiger partial charge in [0.15, 0.2) is 5.78 Å². The molecule has 1 spiro atoms. The maximum atomic E-state index is 13.5. The molecule has 4 aromatic rings. The first kappa shape index (κ1) is 40.9. The van der Waals surface area contributed by atoms with Crippen LogP contribution in [0.4, 0.5) is 9.59 Å². The Kier molecular flexibility index (Phi) is 12.8. The molecule has 3 aliphatic rings. The van der Waals surface area contributed by atoms with Crippen LogP contribution in [-0.2, 0) is 25.7 Å². The Morgan fingerprint density at radius 2 is 1.59 bits per heavy atom. The van der Waals surface area contributed by atoms with E-state index in [1.165, 1.54) is 12.0 Å². The average molecular weight is 825 g/mol. The molecular weight excluding hydrogens is 777 g/mol. The van der Waals surface area contributed by atoms with Gasteiger partial charge < -0.3 is 30.0 Å². The second-order valence-corrected chi connectivity index (χ2v) is 18.2. The topological polar surface area (TPSA) is 163 Å². The number of methoxy groups -OCH3 is 1. The van der Waals surface area contributed by atoms with E-state index in [0.717, 1.165) is 52.3 Å². The summed E-state index contributed by atoms with van der Waals surface area (Å²) in [5, 5.41) is 5.48. The van der Waals surface area contributed by atoms with E-state index < -0.39 is 24.3 Å². The van der Waals surface area contributed by atoms with Crippen molar-refractivity contribution >= 4 is 53.3 Å². The number of nitrogens with one attached hydrogen (secondary N) is 3. The van der Waals surface area contributed by atoms with Gasteiger partial charge in [-0.3, -0.25) is 19.3 Å². The number of hydrogen-bond donors (Lipinski definition) is 3. The summed E-state index contributed by atoms with van der Waals surface area (Å²) in [5.41, 5.74) is 4.95. The molecule has 0 bridgehead atoms. The van der Waals surface area contributed by atoms with Gasteiger partial charge in [0.25, 0.3) is 0 Å². The molecule has 15 heteroatoms. The summed E-state index contributed by atoms with van der Waals surface area (Å²) in [4.78, 5) is 76.8. The van der Waals surface area contributed by atoms with Crippen LogP contribution < -0.4 is 10.6 Å². The number of Topliss-reactive ketones (excluding diaryl/α,β-unsaturated/α-hetero) is 1. The molecule has 4 amide bonds. The van der Waals surface area contributed by atoms with Crippen LogP contribution in [0.25, 0.3) is 22.4 Å². The minimum Gasteiger partial charge on any atom is -0.453 e. The van der Waals surface area contributed by atoms with Crippen molar-refractivity contribution in [1.82, 2.24) is 30.4 Å². The van der Waals surface area contributed by atoms with Crippen molar-refractivity contribution < 1.29 is 33.4 Å². The van der Waals surface area contributed by atoms with Crippen molar-refractivity contribution in [3.63, 3.8) is 0 Å². The van der Waals surface area contributed by atoms with Crippen LogP contribution in [0.3, 0.4) is 0 Å². The fourth-order valence-electron chi connectivity index (χ4n) is 7.70. The number of carbonyl (C=O) groups is 5. The zero-order valence-electron chi connectivity index (χ0n) is 32.8. The third-order valence-electron chi connectivity index (χ3n) is 10.8. The van der Waals surface area contributed by atoms with E-state index in [-0.39, 0.29) is 46.8 Å². The highest BCUT2D eigenvalue weighted by molar-refractivity contribution is 8.21. The number of alkyl carbamates (subject to hydrolysis) is 1. The minimum atomic E-state index is -0.728. The van der Waals surface area contributed by atoms with Crippen molar-refractivity contribution in [2.45, 2.75) is 61.9 Å². The first-order valence-corrected chi connectivity index (χ1v) is 21.5. The lowest BCUT2D eigenvalue weighted by Gasteiger charge is -2.30. The Hall–Kier alpha value is -5.28. The summed E-state index contributed by atoms with van der Waals surface area (Å²) in [5.74, 6) is 1.73. The summed E-state index contributed by atoms with van der Waals surface area (Å²) in [6.45, 7) is 4.69. The van der Waals surface area contributed by atoms with Gasteiger partial charge in [-0.15, -0.1) is 23.5 Å². The lowest BCUT2D eigenvalue weighted by molar-refractivity contribution is -0.135. The molecule has 0 aliphatic carbocycles. The normalized spacial score (nSPS) is 19.0. The van der Waals surface area contributed by atoms with Crippen molar-refractivity contribution in [2.75, 3.05) is 38.2 Å². The third-order valence-corrected chi connectivity index (χ3v) is 14.3. The number of amides is 4. The van der Waals surface area contributed by atoms with Crippen molar-refractivity contribution in [2.24, 2.45) is 5.92 Å². The maximum Gasteiger partial charge on any atom is 0.410 e. The molecule has 0 saturated carbocycles. The molecule has 0 radical (unpaired) electrons. The zero-order chi connectivity index (χ0) is 40.8. The second-order valence-electron chi connectivity index (χ2n) is 15.0. The number of ether oxygens (including phenoxy) is 2. The quantitative estimate of drug-likeness (QED) is 0.132. The highest BCUT2D eigenvalue weighted by atomic mass is 32.2. The number of rotatable bonds is 12. The number of aromatic nitrogens is 2. The molecule has 3 unspecified atom stereocenters. The predicted molar refractivity (Wildman–Crippen MR) is 224 cm³/mol. The van der Waals surface area contributed by atoms with E-state index in [1.54, 1.807) is 46.8 Å². The molecule has 304 valence electrons. The molecule has 3 aliphatic heterocycles. The van der Waals surface area contributed by atoms with E-state index in [9.17, 15) is 24.0 Å². The number of H-pyrrole nitrogens is 1. The van der Waals surface area contributed by atoms with Crippen molar-refractivity contribution in [1.29, 1.82) is 0 Å². The van der Waals surface area contributed by atoms with Gasteiger partial charge in [0, 0.05) is 36.6 Å². The first-order valence-electron chi connectivity index (χ1n) is 19.5. The van der Waals surface area contributed by atoms with Gasteiger partial charge in [-0.05, 0) is 41.0 Å². The smallest absolute Gasteiger partial charge is 0.410 e. The molecule has 1 aromatic heterocycles. The standard InChI is InChI=1S/C43H48N6O7S2/c1-27(2)37(47-41(53)55-3)40(52)48-19-7-10-34(48)38-44-23-33(46-38)31-15-11-29(12-16-31)30-13-17-32(18-14-30)36(50)24-45-39(51)35-22-43(57-20-21-58-43)26-49(35)42(54)56-25-28-8-5-4-6-9-28/h4-6,8-9,11-18,23,27,34-35,37H,7,10,19-22,24-26H2,1-3H3,(H,44,46)(H,45,51)(H,47,53). The van der Waals surface area contributed by atoms with E-state index >= 15 is 0 Å². The number of benzene rings is 3. The SMILES string of the molecule is COC(=O)NC(C(=O)N1CCCC1c1ncc(-c2ccc(-c3ccc(C(=O)CNC(=O)C4CC5(CN4C(=O)OCc4ccccc4)SCCS5)cc3)cc2)[nH]1)C(C)C. The lowest BCUT2D eigenvalue weighted by Crippen LogP contribution is -2.51. The van der Waals surface area contributed by atoms with Crippen LogP contribution in [-0.4, -0.2) is 104 Å². The summed E-state index contributed by atoms with van der Waals surface area (Å²) in [6.07, 6.45) is 2.68. The molecule has 58 heavy (non-hydrogen) atoms. The molecular formula is C43H48N6O7S2. The van der Waals surface area contributed by atoms with Crippen LogP contribution in [0, 0.1) is 5.92 Å². The van der Waals surface area contributed by atoms with Crippen LogP contribution >= 0.6 is 23.5 Å². The van der Waals surface area contributed by atoms with Crippen LogP contribution in [0.1, 0.15) is 60.9 Å². The number of imidazole rings is 1. The number of likely N-dealkylation sites (tertiary alicyclic amines) is 2. The monoisotopic (exact) mass is 824 g/mol. The average Bonchev–Trinajstić information content (AvgIpc) is 4.09. The van der Waals surface area contributed by atoms with Gasteiger partial charge >= 0.3 is 12.2 Å². The fourth-order valence-corrected chi connectivity index (χ4v) is 11.0.